The number of ether oxygens (including phenoxy) is 2. The standard InChI is InChI=1S/C16H20N2O3S/c1-10(2)14-9-17-16(22-14)18-15(19)8-11-5-6-12(20-3)13(7-11)21-4/h5-7,9-10H,8H2,1-4H3,(H,17,18,19). The van der Waals surface area contributed by atoms with Crippen LogP contribution in [0.25, 0.3) is 0 Å². The Hall–Kier alpha value is -2.08. The van der Waals surface area contributed by atoms with Crippen LogP contribution in [-0.4, -0.2) is 25.1 Å². The third-order valence-corrected chi connectivity index (χ3v) is 4.36. The van der Waals surface area contributed by atoms with Crippen molar-refractivity contribution in [1.82, 2.24) is 4.98 Å². The van der Waals surface area contributed by atoms with Gasteiger partial charge in [0.25, 0.3) is 0 Å². The number of thiazole rings is 1. The Kier molecular flexibility index (Phi) is 5.38. The molecule has 118 valence electrons. The van der Waals surface area contributed by atoms with Crippen LogP contribution >= 0.6 is 11.3 Å². The Morgan fingerprint density at radius 2 is 2.00 bits per heavy atom. The first-order chi connectivity index (χ1) is 10.5. The van der Waals surface area contributed by atoms with Crippen LogP contribution in [0.1, 0.15) is 30.2 Å². The van der Waals surface area contributed by atoms with E-state index in [0.717, 1.165) is 10.4 Å². The van der Waals surface area contributed by atoms with E-state index in [2.05, 4.69) is 24.1 Å². The molecule has 2 rings (SSSR count). The Morgan fingerprint density at radius 3 is 2.59 bits per heavy atom. The molecule has 0 aliphatic carbocycles. The lowest BCUT2D eigenvalue weighted by atomic mass is 10.1. The second-order valence-corrected chi connectivity index (χ2v) is 6.20. The van der Waals surface area contributed by atoms with E-state index in [1.807, 2.05) is 6.07 Å². The maximum absolute atomic E-state index is 12.1. The fourth-order valence-corrected chi connectivity index (χ4v) is 2.79. The van der Waals surface area contributed by atoms with Gasteiger partial charge in [0.05, 0.1) is 20.6 Å². The first kappa shape index (κ1) is 16.3. The van der Waals surface area contributed by atoms with Crippen LogP contribution in [0.5, 0.6) is 11.5 Å². The number of hydrogen-bond acceptors (Lipinski definition) is 5. The van der Waals surface area contributed by atoms with Gasteiger partial charge in [-0.15, -0.1) is 11.3 Å². The molecule has 1 amide bonds. The Morgan fingerprint density at radius 1 is 1.27 bits per heavy atom. The van der Waals surface area contributed by atoms with E-state index in [9.17, 15) is 4.79 Å². The van der Waals surface area contributed by atoms with Gasteiger partial charge in [0.15, 0.2) is 16.6 Å². The highest BCUT2D eigenvalue weighted by Crippen LogP contribution is 2.28. The largest absolute Gasteiger partial charge is 0.493 e. The van der Waals surface area contributed by atoms with Gasteiger partial charge in [-0.25, -0.2) is 4.98 Å². The number of aromatic nitrogens is 1. The maximum atomic E-state index is 12.1. The van der Waals surface area contributed by atoms with Crippen molar-refractivity contribution in [2.24, 2.45) is 0 Å². The first-order valence-corrected chi connectivity index (χ1v) is 7.81. The van der Waals surface area contributed by atoms with Gasteiger partial charge in [-0.05, 0) is 23.6 Å². The SMILES string of the molecule is COc1ccc(CC(=O)Nc2ncc(C(C)C)s2)cc1OC. The van der Waals surface area contributed by atoms with Crippen molar-refractivity contribution in [2.75, 3.05) is 19.5 Å². The molecule has 1 aromatic carbocycles. The van der Waals surface area contributed by atoms with E-state index >= 15 is 0 Å². The van der Waals surface area contributed by atoms with Crippen LogP contribution in [0, 0.1) is 0 Å². The smallest absolute Gasteiger partial charge is 0.230 e. The Bertz CT molecular complexity index is 653. The normalized spacial score (nSPS) is 10.6. The van der Waals surface area contributed by atoms with E-state index in [4.69, 9.17) is 9.47 Å². The molecule has 1 N–H and O–H groups in total. The number of methoxy groups -OCH3 is 2. The molecule has 0 aliphatic heterocycles. The predicted octanol–water partition coefficient (Wildman–Crippen LogP) is 3.46. The summed E-state index contributed by atoms with van der Waals surface area (Å²) in [6.45, 7) is 4.20. The van der Waals surface area contributed by atoms with Gasteiger partial charge in [0, 0.05) is 11.1 Å². The van der Waals surface area contributed by atoms with Gasteiger partial charge in [0.1, 0.15) is 0 Å². The van der Waals surface area contributed by atoms with Crippen molar-refractivity contribution in [3.8, 4) is 11.5 Å². The fourth-order valence-electron chi connectivity index (χ4n) is 1.95. The van der Waals surface area contributed by atoms with Gasteiger partial charge in [-0.1, -0.05) is 19.9 Å². The molecule has 0 unspecified atom stereocenters. The second kappa shape index (κ2) is 7.26. The molecule has 0 saturated carbocycles. The molecule has 2 aromatic rings. The molecule has 0 spiro atoms. The molecule has 22 heavy (non-hydrogen) atoms. The highest BCUT2D eigenvalue weighted by Gasteiger charge is 2.11. The highest BCUT2D eigenvalue weighted by molar-refractivity contribution is 7.15. The lowest BCUT2D eigenvalue weighted by Gasteiger charge is -2.09. The fraction of sp³-hybridized carbons (Fsp3) is 0.375. The highest BCUT2D eigenvalue weighted by atomic mass is 32.1. The van der Waals surface area contributed by atoms with E-state index in [0.29, 0.717) is 22.5 Å². The molecular formula is C16H20N2O3S. The van der Waals surface area contributed by atoms with Crippen molar-refractivity contribution in [3.63, 3.8) is 0 Å². The molecule has 1 heterocycles. The molecule has 0 radical (unpaired) electrons. The number of nitrogens with zero attached hydrogens (tertiary/aromatic N) is 1. The van der Waals surface area contributed by atoms with Crippen molar-refractivity contribution in [1.29, 1.82) is 0 Å². The zero-order chi connectivity index (χ0) is 16.1. The summed E-state index contributed by atoms with van der Waals surface area (Å²) < 4.78 is 10.4. The van der Waals surface area contributed by atoms with E-state index in [-0.39, 0.29) is 12.3 Å². The minimum Gasteiger partial charge on any atom is -0.493 e. The number of benzene rings is 1. The summed E-state index contributed by atoms with van der Waals surface area (Å²) in [6, 6.07) is 5.45. The van der Waals surface area contributed by atoms with Crippen LogP contribution in [-0.2, 0) is 11.2 Å². The molecule has 0 aliphatic rings. The zero-order valence-corrected chi connectivity index (χ0v) is 14.0. The molecular weight excluding hydrogens is 300 g/mol. The zero-order valence-electron chi connectivity index (χ0n) is 13.2. The van der Waals surface area contributed by atoms with Gasteiger partial charge >= 0.3 is 0 Å². The topological polar surface area (TPSA) is 60.5 Å². The van der Waals surface area contributed by atoms with E-state index in [1.165, 1.54) is 11.3 Å². The lowest BCUT2D eigenvalue weighted by molar-refractivity contribution is -0.115. The van der Waals surface area contributed by atoms with E-state index < -0.39 is 0 Å². The van der Waals surface area contributed by atoms with Crippen LogP contribution < -0.4 is 14.8 Å². The first-order valence-electron chi connectivity index (χ1n) is 7.00. The summed E-state index contributed by atoms with van der Waals surface area (Å²) in [6.07, 6.45) is 2.07. The summed E-state index contributed by atoms with van der Waals surface area (Å²) in [5.41, 5.74) is 0.857. The molecule has 6 heteroatoms. The summed E-state index contributed by atoms with van der Waals surface area (Å²) in [4.78, 5) is 17.5. The summed E-state index contributed by atoms with van der Waals surface area (Å²) >= 11 is 1.51. The number of amides is 1. The van der Waals surface area contributed by atoms with Gasteiger partial charge < -0.3 is 14.8 Å². The predicted molar refractivity (Wildman–Crippen MR) is 88.1 cm³/mol. The Labute approximate surface area is 134 Å². The number of anilines is 1. The van der Waals surface area contributed by atoms with Crippen LogP contribution in [0.15, 0.2) is 24.4 Å². The van der Waals surface area contributed by atoms with Crippen LogP contribution in [0.3, 0.4) is 0 Å². The van der Waals surface area contributed by atoms with E-state index in [1.54, 1.807) is 32.5 Å². The third kappa shape index (κ3) is 3.98. The molecule has 0 saturated heterocycles. The van der Waals surface area contributed by atoms with Crippen molar-refractivity contribution in [3.05, 3.63) is 34.8 Å². The minimum atomic E-state index is -0.100. The van der Waals surface area contributed by atoms with Crippen molar-refractivity contribution >= 4 is 22.4 Å². The lowest BCUT2D eigenvalue weighted by Crippen LogP contribution is -2.14. The number of nitrogens with one attached hydrogen (secondary N) is 1. The Balaban J connectivity index is 2.02. The monoisotopic (exact) mass is 320 g/mol. The van der Waals surface area contributed by atoms with Crippen LogP contribution in [0.2, 0.25) is 0 Å². The quantitative estimate of drug-likeness (QED) is 0.885. The average Bonchev–Trinajstić information content (AvgIpc) is 2.95. The van der Waals surface area contributed by atoms with Crippen molar-refractivity contribution < 1.29 is 14.3 Å². The number of hydrogen-bond donors (Lipinski definition) is 1. The van der Waals surface area contributed by atoms with Gasteiger partial charge in [-0.3, -0.25) is 4.79 Å². The van der Waals surface area contributed by atoms with Crippen LogP contribution in [0.4, 0.5) is 5.13 Å². The van der Waals surface area contributed by atoms with Gasteiger partial charge in [-0.2, -0.15) is 0 Å². The molecule has 5 nitrogen and oxygen atoms in total. The number of rotatable bonds is 6. The summed E-state index contributed by atoms with van der Waals surface area (Å²) in [7, 11) is 3.16. The number of carbonyl (C=O) groups excluding carboxylic acids is 1. The second-order valence-electron chi connectivity index (χ2n) is 5.14. The molecule has 0 atom stereocenters. The minimum absolute atomic E-state index is 0.100. The molecule has 0 fully saturated rings. The average molecular weight is 320 g/mol. The molecule has 0 bridgehead atoms. The van der Waals surface area contributed by atoms with Gasteiger partial charge in [0.2, 0.25) is 5.91 Å². The molecule has 1 aromatic heterocycles. The third-order valence-electron chi connectivity index (χ3n) is 3.15. The van der Waals surface area contributed by atoms with Crippen molar-refractivity contribution in [2.45, 2.75) is 26.2 Å². The summed E-state index contributed by atoms with van der Waals surface area (Å²) in [5, 5.41) is 3.46. The summed E-state index contributed by atoms with van der Waals surface area (Å²) in [5.74, 6) is 1.57. The maximum Gasteiger partial charge on any atom is 0.230 e. The number of carbonyl (C=O) groups is 1.